The molecule has 0 bridgehead atoms. The molecule has 408 valence electrons. The van der Waals surface area contributed by atoms with Crippen LogP contribution in [0.15, 0.2) is 24.3 Å². The smallest absolute Gasteiger partial charge is 0.305 e. The van der Waals surface area contributed by atoms with Crippen LogP contribution in [0.3, 0.4) is 0 Å². The third kappa shape index (κ3) is 55.5. The Bertz CT molecular complexity index is 1080. The maximum atomic E-state index is 12.4. The van der Waals surface area contributed by atoms with Crippen molar-refractivity contribution < 1.29 is 24.5 Å². The van der Waals surface area contributed by atoms with E-state index in [-0.39, 0.29) is 18.5 Å². The summed E-state index contributed by atoms with van der Waals surface area (Å²) in [5, 5.41) is 23.1. The third-order valence-electron chi connectivity index (χ3n) is 14.5. The van der Waals surface area contributed by atoms with Gasteiger partial charge in [0.1, 0.15) is 0 Å². The molecule has 0 aliphatic rings. The zero-order valence-corrected chi connectivity index (χ0v) is 46.6. The summed E-state index contributed by atoms with van der Waals surface area (Å²) in [6, 6.07) is -0.536. The molecule has 6 nitrogen and oxygen atoms in total. The standard InChI is InChI=1S/C63H121NO5/c1-3-5-7-9-11-13-14-15-30-34-37-41-45-49-53-57-63(68)69-58-54-50-46-42-38-35-32-29-27-25-23-21-19-17-16-18-20-22-24-26-28-31-33-36-40-44-48-52-56-62(67)64-60(59-65)61(66)55-51-47-43-39-12-10-8-6-4-2/h11,13,15,30,60-61,65-66H,3-10,12,14,16-29,31-59H2,1-2H3,(H,64,67)/b13-11-,30-15-. The van der Waals surface area contributed by atoms with Crippen molar-refractivity contribution in [1.29, 1.82) is 0 Å². The van der Waals surface area contributed by atoms with Gasteiger partial charge in [-0.05, 0) is 57.8 Å². The van der Waals surface area contributed by atoms with E-state index >= 15 is 0 Å². The predicted molar refractivity (Wildman–Crippen MR) is 301 cm³/mol. The molecule has 0 aromatic rings. The first-order valence-electron chi connectivity index (χ1n) is 31.1. The molecule has 0 saturated heterocycles. The third-order valence-corrected chi connectivity index (χ3v) is 14.5. The number of carbonyl (C=O) groups excluding carboxylic acids is 2. The number of hydrogen-bond donors (Lipinski definition) is 3. The van der Waals surface area contributed by atoms with E-state index in [9.17, 15) is 19.8 Å². The first-order valence-corrected chi connectivity index (χ1v) is 31.1. The van der Waals surface area contributed by atoms with Crippen LogP contribution in [0.4, 0.5) is 0 Å². The molecule has 1 amide bonds. The minimum absolute atomic E-state index is 0.00485. The number of nitrogens with one attached hydrogen (secondary N) is 1. The largest absolute Gasteiger partial charge is 0.466 e. The predicted octanol–water partition coefficient (Wildman–Crippen LogP) is 19.4. The van der Waals surface area contributed by atoms with Gasteiger partial charge in [0.2, 0.25) is 5.91 Å². The van der Waals surface area contributed by atoms with Crippen LogP contribution in [-0.4, -0.2) is 47.4 Å². The second-order valence-electron chi connectivity index (χ2n) is 21.4. The first-order chi connectivity index (χ1) is 34.0. The lowest BCUT2D eigenvalue weighted by molar-refractivity contribution is -0.143. The number of unbranched alkanes of at least 4 members (excludes halogenated alkanes) is 43. The highest BCUT2D eigenvalue weighted by atomic mass is 16.5. The van der Waals surface area contributed by atoms with Gasteiger partial charge in [-0.2, -0.15) is 0 Å². The van der Waals surface area contributed by atoms with Gasteiger partial charge in [0.25, 0.3) is 0 Å². The lowest BCUT2D eigenvalue weighted by atomic mass is 10.0. The Morgan fingerprint density at radius 2 is 0.725 bits per heavy atom. The van der Waals surface area contributed by atoms with E-state index in [1.165, 1.54) is 257 Å². The Balaban J connectivity index is 3.31. The van der Waals surface area contributed by atoms with E-state index < -0.39 is 12.1 Å². The van der Waals surface area contributed by atoms with Gasteiger partial charge >= 0.3 is 5.97 Å². The Morgan fingerprint density at radius 3 is 1.13 bits per heavy atom. The Kier molecular flexibility index (Phi) is 57.5. The lowest BCUT2D eigenvalue weighted by Gasteiger charge is -2.22. The normalized spacial score (nSPS) is 12.7. The Labute approximate surface area is 431 Å². The zero-order chi connectivity index (χ0) is 50.0. The molecule has 0 radical (unpaired) electrons. The number of ether oxygens (including phenoxy) is 1. The summed E-state index contributed by atoms with van der Waals surface area (Å²) in [5.74, 6) is -0.0284. The summed E-state index contributed by atoms with van der Waals surface area (Å²) in [4.78, 5) is 24.5. The van der Waals surface area contributed by atoms with Gasteiger partial charge in [0.05, 0.1) is 25.4 Å². The average Bonchev–Trinajstić information content (AvgIpc) is 3.35. The molecular formula is C63H121NO5. The Hall–Kier alpha value is -1.66. The maximum absolute atomic E-state index is 12.4. The number of carbonyl (C=O) groups is 2. The van der Waals surface area contributed by atoms with Crippen molar-refractivity contribution >= 4 is 11.9 Å². The second-order valence-corrected chi connectivity index (χ2v) is 21.4. The van der Waals surface area contributed by atoms with Crippen LogP contribution in [0.25, 0.3) is 0 Å². The molecule has 0 rings (SSSR count). The number of rotatable bonds is 58. The van der Waals surface area contributed by atoms with E-state index in [0.29, 0.717) is 25.9 Å². The molecule has 0 heterocycles. The van der Waals surface area contributed by atoms with Gasteiger partial charge in [-0.3, -0.25) is 9.59 Å². The fourth-order valence-electron chi connectivity index (χ4n) is 9.73. The van der Waals surface area contributed by atoms with Gasteiger partial charge in [-0.25, -0.2) is 0 Å². The number of aliphatic hydroxyl groups is 2. The molecule has 0 spiro atoms. The molecule has 0 saturated carbocycles. The first kappa shape index (κ1) is 67.3. The molecule has 0 aliphatic heterocycles. The fourth-order valence-corrected chi connectivity index (χ4v) is 9.73. The number of allylic oxidation sites excluding steroid dienone is 4. The van der Waals surface area contributed by atoms with Crippen molar-refractivity contribution in [2.45, 2.75) is 353 Å². The van der Waals surface area contributed by atoms with Crippen LogP contribution < -0.4 is 5.32 Å². The lowest BCUT2D eigenvalue weighted by Crippen LogP contribution is -2.45. The molecular weight excluding hydrogens is 851 g/mol. The summed E-state index contributed by atoms with van der Waals surface area (Å²) in [5.41, 5.74) is 0. The van der Waals surface area contributed by atoms with Gasteiger partial charge in [0.15, 0.2) is 0 Å². The summed E-state index contributed by atoms with van der Waals surface area (Å²) < 4.78 is 5.48. The Morgan fingerprint density at radius 1 is 0.406 bits per heavy atom. The molecule has 0 fully saturated rings. The van der Waals surface area contributed by atoms with E-state index in [2.05, 4.69) is 43.5 Å². The van der Waals surface area contributed by atoms with Crippen LogP contribution in [0.2, 0.25) is 0 Å². The summed E-state index contributed by atoms with van der Waals surface area (Å²) >= 11 is 0. The van der Waals surface area contributed by atoms with Crippen LogP contribution >= 0.6 is 0 Å². The number of amides is 1. The highest BCUT2D eigenvalue weighted by Gasteiger charge is 2.20. The number of hydrogen-bond acceptors (Lipinski definition) is 5. The highest BCUT2D eigenvalue weighted by Crippen LogP contribution is 2.18. The van der Waals surface area contributed by atoms with Crippen LogP contribution in [0.5, 0.6) is 0 Å². The SMILES string of the molecule is CCCCC/C=C\C/C=C\CCCCCCCC(=O)OCCCCCCCCCCCCCCCCCCCCCCCCCCCCCCC(=O)NC(CO)C(O)CCCCCCCCCCC. The van der Waals surface area contributed by atoms with Crippen molar-refractivity contribution in [3.63, 3.8) is 0 Å². The van der Waals surface area contributed by atoms with E-state index in [4.69, 9.17) is 4.74 Å². The van der Waals surface area contributed by atoms with Gasteiger partial charge in [-0.1, -0.05) is 295 Å². The van der Waals surface area contributed by atoms with Gasteiger partial charge in [0, 0.05) is 12.8 Å². The maximum Gasteiger partial charge on any atom is 0.305 e. The van der Waals surface area contributed by atoms with Crippen molar-refractivity contribution in [2.75, 3.05) is 13.2 Å². The highest BCUT2D eigenvalue weighted by molar-refractivity contribution is 5.76. The average molecular weight is 973 g/mol. The van der Waals surface area contributed by atoms with Crippen molar-refractivity contribution in [3.05, 3.63) is 24.3 Å². The molecule has 69 heavy (non-hydrogen) atoms. The molecule has 0 aliphatic carbocycles. The number of esters is 1. The summed E-state index contributed by atoms with van der Waals surface area (Å²) in [6.45, 7) is 4.92. The van der Waals surface area contributed by atoms with Gasteiger partial charge < -0.3 is 20.3 Å². The number of aliphatic hydroxyl groups excluding tert-OH is 2. The second kappa shape index (κ2) is 58.9. The molecule has 6 heteroatoms. The van der Waals surface area contributed by atoms with E-state index in [1.807, 2.05) is 0 Å². The summed E-state index contributed by atoms with van der Waals surface area (Å²) in [7, 11) is 0. The van der Waals surface area contributed by atoms with Crippen LogP contribution in [-0.2, 0) is 14.3 Å². The monoisotopic (exact) mass is 972 g/mol. The molecule has 0 aromatic carbocycles. The molecule has 3 N–H and O–H groups in total. The van der Waals surface area contributed by atoms with Crippen molar-refractivity contribution in [2.24, 2.45) is 0 Å². The molecule has 2 atom stereocenters. The molecule has 0 aromatic heterocycles. The van der Waals surface area contributed by atoms with Crippen molar-refractivity contribution in [1.82, 2.24) is 5.32 Å². The minimum Gasteiger partial charge on any atom is -0.466 e. The van der Waals surface area contributed by atoms with Gasteiger partial charge in [-0.15, -0.1) is 0 Å². The van der Waals surface area contributed by atoms with Crippen molar-refractivity contribution in [3.8, 4) is 0 Å². The summed E-state index contributed by atoms with van der Waals surface area (Å²) in [6.07, 6.45) is 72.1. The van der Waals surface area contributed by atoms with Crippen LogP contribution in [0.1, 0.15) is 341 Å². The van der Waals surface area contributed by atoms with Crippen LogP contribution in [0, 0.1) is 0 Å². The topological polar surface area (TPSA) is 95.9 Å². The zero-order valence-electron chi connectivity index (χ0n) is 46.6. The molecule has 2 unspecified atom stereocenters. The van der Waals surface area contributed by atoms with E-state index in [0.717, 1.165) is 51.4 Å². The van der Waals surface area contributed by atoms with E-state index in [1.54, 1.807) is 0 Å². The fraction of sp³-hybridized carbons (Fsp3) is 0.905. The minimum atomic E-state index is -0.659. The quantitative estimate of drug-likeness (QED) is 0.0321.